The molecule has 2 aromatic rings. The van der Waals surface area contributed by atoms with E-state index in [2.05, 4.69) is 4.98 Å². The monoisotopic (exact) mass is 283 g/mol. The van der Waals surface area contributed by atoms with E-state index in [4.69, 9.17) is 18.0 Å². The zero-order valence-corrected chi connectivity index (χ0v) is 11.1. The number of nitrogens with zero attached hydrogens (tertiary/aromatic N) is 2. The van der Waals surface area contributed by atoms with E-state index in [9.17, 15) is 9.59 Å². The summed E-state index contributed by atoms with van der Waals surface area (Å²) in [7, 11) is 0. The largest absolute Gasteiger partial charge is 0.389 e. The molecule has 0 aliphatic carbocycles. The molecule has 98 valence electrons. The maximum atomic E-state index is 12.4. The molecule has 0 spiro atoms. The van der Waals surface area contributed by atoms with E-state index < -0.39 is 11.8 Å². The normalized spacial score (nSPS) is 13.5. The molecule has 0 saturated carbocycles. The highest BCUT2D eigenvalue weighted by molar-refractivity contribution is 7.80. The van der Waals surface area contributed by atoms with Crippen molar-refractivity contribution in [2.45, 2.75) is 0 Å². The lowest BCUT2D eigenvalue weighted by atomic mass is 10.1. The number of rotatable bonds is 2. The Morgan fingerprint density at radius 2 is 1.85 bits per heavy atom. The van der Waals surface area contributed by atoms with Crippen molar-refractivity contribution in [2.24, 2.45) is 5.73 Å². The Kier molecular flexibility index (Phi) is 2.80. The topological polar surface area (TPSA) is 76.3 Å². The standard InChI is InChI=1S/C14H9N3O2S/c15-12(20)8-4-1-2-6-10(8)17-13(18)9-5-3-7-16-11(9)14(17)19/h1-7H,(H2,15,20). The van der Waals surface area contributed by atoms with Crippen LogP contribution in [-0.4, -0.2) is 21.8 Å². The van der Waals surface area contributed by atoms with Gasteiger partial charge in [-0.25, -0.2) is 4.90 Å². The van der Waals surface area contributed by atoms with E-state index in [0.717, 1.165) is 4.90 Å². The van der Waals surface area contributed by atoms with Crippen molar-refractivity contribution in [3.05, 3.63) is 59.4 Å². The van der Waals surface area contributed by atoms with Crippen LogP contribution >= 0.6 is 12.2 Å². The van der Waals surface area contributed by atoms with Crippen LogP contribution in [0.5, 0.6) is 0 Å². The predicted molar refractivity (Wildman–Crippen MR) is 77.7 cm³/mol. The van der Waals surface area contributed by atoms with Crippen LogP contribution < -0.4 is 10.6 Å². The number of amides is 2. The lowest BCUT2D eigenvalue weighted by Crippen LogP contribution is -2.31. The van der Waals surface area contributed by atoms with Crippen LogP contribution in [0.15, 0.2) is 42.6 Å². The first-order valence-electron chi connectivity index (χ1n) is 5.84. The van der Waals surface area contributed by atoms with E-state index in [1.54, 1.807) is 36.4 Å². The minimum Gasteiger partial charge on any atom is -0.389 e. The van der Waals surface area contributed by atoms with Crippen molar-refractivity contribution < 1.29 is 9.59 Å². The van der Waals surface area contributed by atoms with Crippen molar-refractivity contribution in [1.29, 1.82) is 0 Å². The van der Waals surface area contributed by atoms with Gasteiger partial charge in [-0.1, -0.05) is 24.4 Å². The lowest BCUT2D eigenvalue weighted by molar-refractivity contribution is 0.0924. The summed E-state index contributed by atoms with van der Waals surface area (Å²) in [4.78, 5) is 29.9. The fourth-order valence-corrected chi connectivity index (χ4v) is 2.34. The smallest absolute Gasteiger partial charge is 0.284 e. The van der Waals surface area contributed by atoms with E-state index >= 15 is 0 Å². The quantitative estimate of drug-likeness (QED) is 0.668. The first-order chi connectivity index (χ1) is 9.61. The Hall–Kier alpha value is -2.60. The average Bonchev–Trinajstić information content (AvgIpc) is 2.71. The van der Waals surface area contributed by atoms with Gasteiger partial charge >= 0.3 is 0 Å². The van der Waals surface area contributed by atoms with Gasteiger partial charge in [0.2, 0.25) is 0 Å². The molecule has 1 aromatic heterocycles. The van der Waals surface area contributed by atoms with Crippen molar-refractivity contribution in [2.75, 3.05) is 4.90 Å². The number of pyridine rings is 1. The summed E-state index contributed by atoms with van der Waals surface area (Å²) in [5.74, 6) is -0.879. The zero-order valence-electron chi connectivity index (χ0n) is 10.2. The Bertz CT molecular complexity index is 723. The summed E-state index contributed by atoms with van der Waals surface area (Å²) < 4.78 is 0. The molecule has 0 saturated heterocycles. The van der Waals surface area contributed by atoms with E-state index in [0.29, 0.717) is 11.3 Å². The highest BCUT2D eigenvalue weighted by Gasteiger charge is 2.38. The molecule has 2 amide bonds. The summed E-state index contributed by atoms with van der Waals surface area (Å²) in [5, 5.41) is 0. The number of thiocarbonyl (C=S) groups is 1. The maximum absolute atomic E-state index is 12.4. The van der Waals surface area contributed by atoms with Crippen LogP contribution in [0.2, 0.25) is 0 Å². The van der Waals surface area contributed by atoms with Crippen molar-refractivity contribution in [3.63, 3.8) is 0 Å². The number of nitrogens with two attached hydrogens (primary N) is 1. The van der Waals surface area contributed by atoms with Gasteiger partial charge in [0.05, 0.1) is 11.3 Å². The number of anilines is 1. The molecular formula is C14H9N3O2S. The Morgan fingerprint density at radius 3 is 2.55 bits per heavy atom. The summed E-state index contributed by atoms with van der Waals surface area (Å²) in [5.41, 5.74) is 6.95. The van der Waals surface area contributed by atoms with Crippen LogP contribution in [0.3, 0.4) is 0 Å². The third-order valence-electron chi connectivity index (χ3n) is 3.06. The summed E-state index contributed by atoms with van der Waals surface area (Å²) in [6, 6.07) is 9.96. The van der Waals surface area contributed by atoms with Crippen LogP contribution in [0, 0.1) is 0 Å². The highest BCUT2D eigenvalue weighted by atomic mass is 32.1. The molecule has 0 fully saturated rings. The molecule has 20 heavy (non-hydrogen) atoms. The van der Waals surface area contributed by atoms with Crippen LogP contribution in [0.1, 0.15) is 26.4 Å². The summed E-state index contributed by atoms with van der Waals surface area (Å²) in [6.07, 6.45) is 1.48. The number of imide groups is 1. The molecule has 5 nitrogen and oxygen atoms in total. The van der Waals surface area contributed by atoms with Crippen molar-refractivity contribution in [1.82, 2.24) is 4.98 Å². The second-order valence-electron chi connectivity index (χ2n) is 4.23. The second kappa shape index (κ2) is 4.50. The number of carbonyl (C=O) groups is 2. The van der Waals surface area contributed by atoms with Gasteiger partial charge in [0.1, 0.15) is 10.7 Å². The molecule has 2 heterocycles. The Labute approximate surface area is 120 Å². The van der Waals surface area contributed by atoms with Gasteiger partial charge in [-0.05, 0) is 24.3 Å². The molecule has 1 aromatic carbocycles. The molecule has 1 aliphatic rings. The summed E-state index contributed by atoms with van der Waals surface area (Å²) in [6.45, 7) is 0. The molecule has 1 aliphatic heterocycles. The molecule has 0 unspecified atom stereocenters. The predicted octanol–water partition coefficient (Wildman–Crippen LogP) is 1.52. The van der Waals surface area contributed by atoms with Crippen LogP contribution in [-0.2, 0) is 0 Å². The maximum Gasteiger partial charge on any atom is 0.284 e. The molecular weight excluding hydrogens is 274 g/mol. The number of fused-ring (bicyclic) bond motifs is 1. The lowest BCUT2D eigenvalue weighted by Gasteiger charge is -2.17. The van der Waals surface area contributed by atoms with E-state index in [1.165, 1.54) is 6.20 Å². The van der Waals surface area contributed by atoms with Gasteiger partial charge in [0.15, 0.2) is 0 Å². The molecule has 6 heteroatoms. The molecule has 0 radical (unpaired) electrons. The minimum atomic E-state index is -0.464. The number of aromatic nitrogens is 1. The van der Waals surface area contributed by atoms with E-state index in [-0.39, 0.29) is 16.2 Å². The van der Waals surface area contributed by atoms with Gasteiger partial charge in [-0.2, -0.15) is 0 Å². The highest BCUT2D eigenvalue weighted by Crippen LogP contribution is 2.29. The Morgan fingerprint density at radius 1 is 1.10 bits per heavy atom. The van der Waals surface area contributed by atoms with Gasteiger partial charge < -0.3 is 5.73 Å². The van der Waals surface area contributed by atoms with Crippen LogP contribution in [0.4, 0.5) is 5.69 Å². The van der Waals surface area contributed by atoms with Gasteiger partial charge in [-0.15, -0.1) is 0 Å². The average molecular weight is 283 g/mol. The van der Waals surface area contributed by atoms with Crippen molar-refractivity contribution >= 4 is 34.7 Å². The molecule has 3 rings (SSSR count). The third-order valence-corrected chi connectivity index (χ3v) is 3.28. The molecule has 0 atom stereocenters. The fraction of sp³-hybridized carbons (Fsp3) is 0. The summed E-state index contributed by atoms with van der Waals surface area (Å²) >= 11 is 4.96. The fourth-order valence-electron chi connectivity index (χ4n) is 2.16. The first kappa shape index (κ1) is 12.4. The SMILES string of the molecule is NC(=S)c1ccccc1N1C(=O)c2cccnc2C1=O. The Balaban J connectivity index is 2.17. The minimum absolute atomic E-state index is 0.130. The first-order valence-corrected chi connectivity index (χ1v) is 6.24. The molecule has 2 N–H and O–H groups in total. The van der Waals surface area contributed by atoms with Crippen LogP contribution in [0.25, 0.3) is 0 Å². The number of hydrogen-bond acceptors (Lipinski definition) is 4. The van der Waals surface area contributed by atoms with Gasteiger partial charge in [-0.3, -0.25) is 14.6 Å². The number of carbonyl (C=O) groups excluding carboxylic acids is 2. The zero-order chi connectivity index (χ0) is 14.3. The number of para-hydroxylation sites is 1. The van der Waals surface area contributed by atoms with Crippen molar-refractivity contribution in [3.8, 4) is 0 Å². The second-order valence-corrected chi connectivity index (χ2v) is 4.67. The molecule has 0 bridgehead atoms. The van der Waals surface area contributed by atoms with Gasteiger partial charge in [0.25, 0.3) is 11.8 Å². The van der Waals surface area contributed by atoms with E-state index in [1.807, 2.05) is 0 Å². The van der Waals surface area contributed by atoms with Gasteiger partial charge in [0, 0.05) is 11.8 Å². The number of hydrogen-bond donors (Lipinski definition) is 1. The third kappa shape index (κ3) is 1.70. The number of benzene rings is 1.